The first-order valence-electron chi connectivity index (χ1n) is 10.7. The lowest BCUT2D eigenvalue weighted by Crippen LogP contribution is -2.51. The quantitative estimate of drug-likeness (QED) is 0.156. The molecule has 0 saturated carbocycles. The average Bonchev–Trinajstić information content (AvgIpc) is 2.89. The molecule has 2 rings (SSSR count). The normalized spacial score (nSPS) is 10.8. The minimum absolute atomic E-state index is 0.00878. The van der Waals surface area contributed by atoms with Crippen LogP contribution in [0, 0.1) is 10.1 Å². The smallest absolute Gasteiger partial charge is 0.407 e. The first-order chi connectivity index (χ1) is 17.7. The second-order valence-corrected chi connectivity index (χ2v) is 7.26. The van der Waals surface area contributed by atoms with Crippen LogP contribution in [0.1, 0.15) is 12.0 Å². The number of nitrogens with zero attached hydrogens (tertiary/aromatic N) is 1. The number of nitro groups is 1. The van der Waals surface area contributed by atoms with Gasteiger partial charge in [0.2, 0.25) is 11.8 Å². The van der Waals surface area contributed by atoms with Gasteiger partial charge in [-0.2, -0.15) is 0 Å². The number of non-ortho nitro benzene ring substituents is 1. The number of alkyl carbamates (subject to hydrolysis) is 1. The zero-order valence-corrected chi connectivity index (χ0v) is 19.6. The van der Waals surface area contributed by atoms with E-state index in [9.17, 15) is 34.1 Å². The van der Waals surface area contributed by atoms with E-state index >= 15 is 0 Å². The molecule has 0 aliphatic heterocycles. The molecule has 3 amide bonds. The van der Waals surface area contributed by atoms with Gasteiger partial charge in [0.05, 0.1) is 18.5 Å². The van der Waals surface area contributed by atoms with Crippen molar-refractivity contribution in [2.45, 2.75) is 19.1 Å². The van der Waals surface area contributed by atoms with Crippen LogP contribution in [0.15, 0.2) is 54.6 Å². The van der Waals surface area contributed by atoms with E-state index in [0.29, 0.717) is 0 Å². The van der Waals surface area contributed by atoms with Crippen LogP contribution in [0.5, 0.6) is 5.75 Å². The minimum atomic E-state index is -1.42. The fraction of sp³-hybridized carbons (Fsp3) is 0.261. The third-order valence-electron chi connectivity index (χ3n) is 4.54. The molecule has 14 heteroatoms. The van der Waals surface area contributed by atoms with E-state index in [4.69, 9.17) is 9.47 Å². The van der Waals surface area contributed by atoms with Crippen molar-refractivity contribution in [3.05, 3.63) is 70.3 Å². The number of nitrogens with one attached hydrogen (secondary N) is 3. The van der Waals surface area contributed by atoms with Crippen molar-refractivity contribution in [2.24, 2.45) is 0 Å². The summed E-state index contributed by atoms with van der Waals surface area (Å²) in [7, 11) is 1.09. The maximum Gasteiger partial charge on any atom is 0.407 e. The summed E-state index contributed by atoms with van der Waals surface area (Å²) in [5.41, 5.74) is 0.539. The van der Waals surface area contributed by atoms with Crippen molar-refractivity contribution in [1.29, 1.82) is 0 Å². The Bertz CT molecular complexity index is 1120. The van der Waals surface area contributed by atoms with Gasteiger partial charge in [0.25, 0.3) is 5.69 Å². The number of hydrogen-bond donors (Lipinski definition) is 3. The Labute approximate surface area is 210 Å². The van der Waals surface area contributed by atoms with E-state index in [1.54, 1.807) is 30.3 Å². The second-order valence-electron chi connectivity index (χ2n) is 7.26. The topological polar surface area (TPSA) is 192 Å². The molecule has 14 nitrogen and oxygen atoms in total. The summed E-state index contributed by atoms with van der Waals surface area (Å²) < 4.78 is 14.5. The predicted octanol–water partition coefficient (Wildman–Crippen LogP) is 0.591. The van der Waals surface area contributed by atoms with E-state index in [-0.39, 0.29) is 18.0 Å². The Morgan fingerprint density at radius 3 is 2.22 bits per heavy atom. The number of carbonyl (C=O) groups excluding carboxylic acids is 5. The summed E-state index contributed by atoms with van der Waals surface area (Å²) in [5, 5.41) is 17.4. The standard InChI is InChI=1S/C23H24N4O10/c1-35-20(29)11-18(26-19(28)12-25-23(32)36-14-15-5-3-2-4-6-15)22(31)24-13-21(30)37-17-9-7-16(8-10-17)27(33)34/h2-10,18H,11-14H2,1H3,(H,24,31)(H,25,32)(H,26,28)/t18-/m1/s1. The Kier molecular flexibility index (Phi) is 11.0. The molecule has 0 bridgehead atoms. The number of benzene rings is 2. The van der Waals surface area contributed by atoms with Gasteiger partial charge in [0, 0.05) is 12.1 Å². The van der Waals surface area contributed by atoms with Crippen molar-refractivity contribution in [3.63, 3.8) is 0 Å². The van der Waals surface area contributed by atoms with Crippen LogP contribution in [-0.2, 0) is 35.3 Å². The van der Waals surface area contributed by atoms with Crippen LogP contribution in [-0.4, -0.2) is 61.0 Å². The predicted molar refractivity (Wildman–Crippen MR) is 125 cm³/mol. The van der Waals surface area contributed by atoms with Crippen LogP contribution in [0.2, 0.25) is 0 Å². The lowest BCUT2D eigenvalue weighted by atomic mass is 10.2. The molecule has 0 unspecified atom stereocenters. The molecule has 1 atom stereocenters. The molecule has 2 aromatic carbocycles. The Morgan fingerprint density at radius 1 is 0.919 bits per heavy atom. The molecule has 2 aromatic rings. The highest BCUT2D eigenvalue weighted by atomic mass is 16.6. The molecule has 3 N–H and O–H groups in total. The number of ether oxygens (including phenoxy) is 3. The lowest BCUT2D eigenvalue weighted by Gasteiger charge is -2.17. The summed E-state index contributed by atoms with van der Waals surface area (Å²) in [4.78, 5) is 70.2. The summed E-state index contributed by atoms with van der Waals surface area (Å²) >= 11 is 0. The highest BCUT2D eigenvalue weighted by Gasteiger charge is 2.25. The van der Waals surface area contributed by atoms with Gasteiger partial charge in [-0.05, 0) is 17.7 Å². The lowest BCUT2D eigenvalue weighted by molar-refractivity contribution is -0.384. The van der Waals surface area contributed by atoms with Crippen LogP contribution < -0.4 is 20.7 Å². The molecule has 0 aliphatic rings. The van der Waals surface area contributed by atoms with Crippen LogP contribution in [0.4, 0.5) is 10.5 Å². The summed E-state index contributed by atoms with van der Waals surface area (Å²) in [6.07, 6.45) is -1.42. The first kappa shape index (κ1) is 28.2. The van der Waals surface area contributed by atoms with E-state index in [2.05, 4.69) is 20.7 Å². The van der Waals surface area contributed by atoms with Crippen molar-refractivity contribution in [3.8, 4) is 5.75 Å². The molecule has 0 saturated heterocycles. The van der Waals surface area contributed by atoms with Gasteiger partial charge in [0.1, 0.15) is 31.5 Å². The fourth-order valence-electron chi connectivity index (χ4n) is 2.72. The van der Waals surface area contributed by atoms with Gasteiger partial charge in [0.15, 0.2) is 0 Å². The Morgan fingerprint density at radius 2 is 1.59 bits per heavy atom. The Balaban J connectivity index is 1.82. The van der Waals surface area contributed by atoms with Crippen molar-refractivity contribution < 1.29 is 43.1 Å². The average molecular weight is 516 g/mol. The van der Waals surface area contributed by atoms with E-state index in [1.165, 1.54) is 12.1 Å². The number of esters is 2. The fourth-order valence-corrected chi connectivity index (χ4v) is 2.72. The largest absolute Gasteiger partial charge is 0.469 e. The van der Waals surface area contributed by atoms with Crippen LogP contribution >= 0.6 is 0 Å². The maximum absolute atomic E-state index is 12.5. The zero-order valence-electron chi connectivity index (χ0n) is 19.6. The summed E-state index contributed by atoms with van der Waals surface area (Å²) in [5.74, 6) is -3.42. The third kappa shape index (κ3) is 10.4. The van der Waals surface area contributed by atoms with Gasteiger partial charge in [-0.1, -0.05) is 30.3 Å². The third-order valence-corrected chi connectivity index (χ3v) is 4.54. The first-order valence-corrected chi connectivity index (χ1v) is 10.7. The van der Waals surface area contributed by atoms with Gasteiger partial charge >= 0.3 is 18.0 Å². The number of hydrogen-bond acceptors (Lipinski definition) is 10. The number of rotatable bonds is 12. The molecule has 0 aromatic heterocycles. The van der Waals surface area contributed by atoms with E-state index in [0.717, 1.165) is 24.8 Å². The summed E-state index contributed by atoms with van der Waals surface area (Å²) in [6, 6.07) is 12.1. The molecular formula is C23H24N4O10. The highest BCUT2D eigenvalue weighted by Crippen LogP contribution is 2.17. The van der Waals surface area contributed by atoms with E-state index in [1.807, 2.05) is 0 Å². The molecule has 196 valence electrons. The van der Waals surface area contributed by atoms with Gasteiger partial charge in [-0.25, -0.2) is 9.59 Å². The highest BCUT2D eigenvalue weighted by molar-refractivity contribution is 5.93. The van der Waals surface area contributed by atoms with Gasteiger partial charge < -0.3 is 30.2 Å². The zero-order chi connectivity index (χ0) is 27.2. The number of methoxy groups -OCH3 is 1. The Hall–Kier alpha value is -5.01. The molecule has 0 fully saturated rings. The number of nitro benzene ring substituents is 1. The molecular weight excluding hydrogens is 492 g/mol. The summed E-state index contributed by atoms with van der Waals surface area (Å²) in [6.45, 7) is -1.20. The monoisotopic (exact) mass is 516 g/mol. The second kappa shape index (κ2) is 14.4. The van der Waals surface area contributed by atoms with Crippen LogP contribution in [0.3, 0.4) is 0 Å². The maximum atomic E-state index is 12.5. The molecule has 0 radical (unpaired) electrons. The molecule has 37 heavy (non-hydrogen) atoms. The van der Waals surface area contributed by atoms with E-state index < -0.39 is 60.3 Å². The van der Waals surface area contributed by atoms with Crippen LogP contribution in [0.25, 0.3) is 0 Å². The van der Waals surface area contributed by atoms with Crippen molar-refractivity contribution >= 4 is 35.5 Å². The SMILES string of the molecule is COC(=O)C[C@@H](NC(=O)CNC(=O)OCc1ccccc1)C(=O)NCC(=O)Oc1ccc([N+](=O)[O-])cc1. The minimum Gasteiger partial charge on any atom is -0.469 e. The number of amides is 3. The molecule has 0 aliphatic carbocycles. The van der Waals surface area contributed by atoms with Crippen molar-refractivity contribution in [1.82, 2.24) is 16.0 Å². The molecule has 0 heterocycles. The molecule has 0 spiro atoms. The van der Waals surface area contributed by atoms with Crippen molar-refractivity contribution in [2.75, 3.05) is 20.2 Å². The van der Waals surface area contributed by atoms with Gasteiger partial charge in [-0.15, -0.1) is 0 Å². The van der Waals surface area contributed by atoms with Gasteiger partial charge in [-0.3, -0.25) is 24.5 Å². The number of carbonyl (C=O) groups is 5.